The highest BCUT2D eigenvalue weighted by atomic mass is 79.9. The van der Waals surface area contributed by atoms with Crippen LogP contribution in [-0.2, 0) is 0 Å². The molecule has 0 heterocycles. The minimum absolute atomic E-state index is 0.352. The molecule has 0 radical (unpaired) electrons. The van der Waals surface area contributed by atoms with Gasteiger partial charge in [0, 0.05) is 16.2 Å². The highest BCUT2D eigenvalue weighted by Gasteiger charge is 2.07. The van der Waals surface area contributed by atoms with E-state index in [0.717, 1.165) is 0 Å². The second-order valence-electron chi connectivity index (χ2n) is 3.94. The van der Waals surface area contributed by atoms with Crippen molar-refractivity contribution in [3.8, 4) is 5.75 Å². The average Bonchev–Trinajstić information content (AvgIpc) is 2.43. The van der Waals surface area contributed by atoms with E-state index in [1.54, 1.807) is 31.4 Å². The van der Waals surface area contributed by atoms with Crippen LogP contribution in [0.15, 0.2) is 46.9 Å². The summed E-state index contributed by atoms with van der Waals surface area (Å²) in [6.07, 6.45) is 0. The van der Waals surface area contributed by atoms with E-state index in [4.69, 9.17) is 4.74 Å². The molecule has 0 aliphatic rings. The van der Waals surface area contributed by atoms with Crippen molar-refractivity contribution >= 4 is 33.3 Å². The number of benzene rings is 2. The number of halogens is 2. The predicted molar refractivity (Wildman–Crippen MR) is 79.7 cm³/mol. The molecule has 2 aromatic rings. The van der Waals surface area contributed by atoms with Crippen molar-refractivity contribution < 1.29 is 13.9 Å². The average molecular weight is 339 g/mol. The Morgan fingerprint density at radius 3 is 2.75 bits per heavy atom. The van der Waals surface area contributed by atoms with E-state index < -0.39 is 11.8 Å². The fourth-order valence-corrected chi connectivity index (χ4v) is 1.92. The molecule has 0 bridgehead atoms. The molecule has 2 amide bonds. The van der Waals surface area contributed by atoms with E-state index in [2.05, 4.69) is 26.6 Å². The van der Waals surface area contributed by atoms with Gasteiger partial charge in [0.15, 0.2) is 0 Å². The van der Waals surface area contributed by atoms with E-state index in [1.807, 2.05) is 0 Å². The van der Waals surface area contributed by atoms with Crippen molar-refractivity contribution in [2.24, 2.45) is 0 Å². The van der Waals surface area contributed by atoms with Crippen LogP contribution in [0.4, 0.5) is 20.6 Å². The molecule has 0 aromatic heterocycles. The van der Waals surface area contributed by atoms with Crippen LogP contribution in [-0.4, -0.2) is 13.1 Å². The zero-order valence-corrected chi connectivity index (χ0v) is 12.2. The third-order valence-electron chi connectivity index (χ3n) is 2.50. The SMILES string of the molecule is COc1cccc(NC(=O)Nc2cc(F)ccc2Br)c1. The Morgan fingerprint density at radius 1 is 1.20 bits per heavy atom. The first-order valence-corrected chi connectivity index (χ1v) is 6.55. The van der Waals surface area contributed by atoms with Crippen LogP contribution in [0.25, 0.3) is 0 Å². The number of nitrogens with one attached hydrogen (secondary N) is 2. The summed E-state index contributed by atoms with van der Waals surface area (Å²) in [6, 6.07) is 10.5. The molecular formula is C14H12BrFN2O2. The lowest BCUT2D eigenvalue weighted by Gasteiger charge is -2.10. The highest BCUT2D eigenvalue weighted by Crippen LogP contribution is 2.23. The second-order valence-corrected chi connectivity index (χ2v) is 4.79. The predicted octanol–water partition coefficient (Wildman–Crippen LogP) is 4.24. The summed E-state index contributed by atoms with van der Waals surface area (Å²) in [5, 5.41) is 5.20. The van der Waals surface area contributed by atoms with Crippen LogP contribution >= 0.6 is 15.9 Å². The number of carbonyl (C=O) groups is 1. The van der Waals surface area contributed by atoms with Gasteiger partial charge in [-0.1, -0.05) is 6.07 Å². The highest BCUT2D eigenvalue weighted by molar-refractivity contribution is 9.10. The molecule has 0 spiro atoms. The summed E-state index contributed by atoms with van der Waals surface area (Å²) >= 11 is 3.24. The van der Waals surface area contributed by atoms with Crippen molar-refractivity contribution in [2.45, 2.75) is 0 Å². The fourth-order valence-electron chi connectivity index (χ4n) is 1.58. The van der Waals surface area contributed by atoms with Gasteiger partial charge in [0.05, 0.1) is 12.8 Å². The lowest BCUT2D eigenvalue weighted by Crippen LogP contribution is -2.19. The lowest BCUT2D eigenvalue weighted by molar-refractivity contribution is 0.262. The van der Waals surface area contributed by atoms with Crippen LogP contribution in [0.2, 0.25) is 0 Å². The summed E-state index contributed by atoms with van der Waals surface area (Å²) in [5.41, 5.74) is 0.930. The number of anilines is 2. The maximum absolute atomic E-state index is 13.1. The Hall–Kier alpha value is -2.08. The van der Waals surface area contributed by atoms with Crippen molar-refractivity contribution in [1.82, 2.24) is 0 Å². The summed E-state index contributed by atoms with van der Waals surface area (Å²) in [7, 11) is 1.54. The van der Waals surface area contributed by atoms with E-state index in [0.29, 0.717) is 21.6 Å². The smallest absolute Gasteiger partial charge is 0.323 e. The molecule has 2 N–H and O–H groups in total. The Kier molecular flexibility index (Phi) is 4.57. The van der Waals surface area contributed by atoms with Crippen molar-refractivity contribution in [3.63, 3.8) is 0 Å². The Labute approximate surface area is 124 Å². The first kappa shape index (κ1) is 14.3. The molecule has 20 heavy (non-hydrogen) atoms. The van der Waals surface area contributed by atoms with E-state index >= 15 is 0 Å². The third-order valence-corrected chi connectivity index (χ3v) is 3.20. The van der Waals surface area contributed by atoms with Gasteiger partial charge in [-0.25, -0.2) is 9.18 Å². The molecule has 0 unspecified atom stereocenters. The number of hydrogen-bond donors (Lipinski definition) is 2. The number of ether oxygens (including phenoxy) is 1. The first-order chi connectivity index (χ1) is 9.58. The Morgan fingerprint density at radius 2 is 2.00 bits per heavy atom. The molecule has 0 aliphatic carbocycles. The topological polar surface area (TPSA) is 50.4 Å². The van der Waals surface area contributed by atoms with Crippen LogP contribution < -0.4 is 15.4 Å². The molecule has 0 saturated heterocycles. The maximum Gasteiger partial charge on any atom is 0.323 e. The van der Waals surface area contributed by atoms with Gasteiger partial charge in [0.1, 0.15) is 11.6 Å². The van der Waals surface area contributed by atoms with Crippen LogP contribution in [0.5, 0.6) is 5.75 Å². The summed E-state index contributed by atoms with van der Waals surface area (Å²) in [6.45, 7) is 0. The van der Waals surface area contributed by atoms with E-state index in [-0.39, 0.29) is 0 Å². The first-order valence-electron chi connectivity index (χ1n) is 5.75. The van der Waals surface area contributed by atoms with Gasteiger partial charge in [0.2, 0.25) is 0 Å². The largest absolute Gasteiger partial charge is 0.497 e. The quantitative estimate of drug-likeness (QED) is 0.879. The zero-order valence-electron chi connectivity index (χ0n) is 10.6. The van der Waals surface area contributed by atoms with Crippen LogP contribution in [0.1, 0.15) is 0 Å². The molecular weight excluding hydrogens is 327 g/mol. The van der Waals surface area contributed by atoms with Gasteiger partial charge < -0.3 is 15.4 Å². The van der Waals surface area contributed by atoms with Gasteiger partial charge in [-0.3, -0.25) is 0 Å². The summed E-state index contributed by atoms with van der Waals surface area (Å²) in [5.74, 6) is 0.208. The lowest BCUT2D eigenvalue weighted by atomic mass is 10.3. The minimum Gasteiger partial charge on any atom is -0.497 e. The van der Waals surface area contributed by atoms with E-state index in [1.165, 1.54) is 18.2 Å². The molecule has 0 saturated carbocycles. The molecule has 0 aliphatic heterocycles. The number of rotatable bonds is 3. The van der Waals surface area contributed by atoms with Gasteiger partial charge in [-0.05, 0) is 46.3 Å². The van der Waals surface area contributed by atoms with Gasteiger partial charge in [-0.15, -0.1) is 0 Å². The monoisotopic (exact) mass is 338 g/mol. The third kappa shape index (κ3) is 3.71. The van der Waals surface area contributed by atoms with Gasteiger partial charge in [0.25, 0.3) is 0 Å². The van der Waals surface area contributed by atoms with Crippen LogP contribution in [0.3, 0.4) is 0 Å². The number of urea groups is 1. The molecule has 6 heteroatoms. The number of hydrogen-bond acceptors (Lipinski definition) is 2. The maximum atomic E-state index is 13.1. The number of methoxy groups -OCH3 is 1. The number of amides is 2. The normalized spacial score (nSPS) is 9.95. The standard InChI is InChI=1S/C14H12BrFN2O2/c1-20-11-4-2-3-10(8-11)17-14(19)18-13-7-9(16)5-6-12(13)15/h2-8H,1H3,(H2,17,18,19). The second kappa shape index (κ2) is 6.38. The van der Waals surface area contributed by atoms with Crippen molar-refractivity contribution in [3.05, 3.63) is 52.8 Å². The molecule has 0 fully saturated rings. The molecule has 104 valence electrons. The van der Waals surface area contributed by atoms with Crippen molar-refractivity contribution in [2.75, 3.05) is 17.7 Å². The van der Waals surface area contributed by atoms with Crippen LogP contribution in [0, 0.1) is 5.82 Å². The summed E-state index contributed by atoms with van der Waals surface area (Å²) in [4.78, 5) is 11.8. The van der Waals surface area contributed by atoms with E-state index in [9.17, 15) is 9.18 Å². The molecule has 4 nitrogen and oxygen atoms in total. The molecule has 0 atom stereocenters. The molecule has 2 rings (SSSR count). The van der Waals surface area contributed by atoms with Crippen molar-refractivity contribution in [1.29, 1.82) is 0 Å². The number of carbonyl (C=O) groups excluding carboxylic acids is 1. The Balaban J connectivity index is 2.07. The summed E-state index contributed by atoms with van der Waals surface area (Å²) < 4.78 is 18.8. The van der Waals surface area contributed by atoms with Gasteiger partial charge in [-0.2, -0.15) is 0 Å². The van der Waals surface area contributed by atoms with Gasteiger partial charge >= 0.3 is 6.03 Å². The Bertz CT molecular complexity index is 634. The molecule has 2 aromatic carbocycles. The minimum atomic E-state index is -0.468. The fraction of sp³-hybridized carbons (Fsp3) is 0.0714. The zero-order chi connectivity index (χ0) is 14.5.